The van der Waals surface area contributed by atoms with Crippen LogP contribution < -0.4 is 0 Å². The molecule has 0 aromatic heterocycles. The topological polar surface area (TPSA) is 20.2 Å². The molecule has 1 rings (SSSR count). The van der Waals surface area contributed by atoms with Crippen LogP contribution in [0.2, 0.25) is 0 Å². The van der Waals surface area contributed by atoms with Crippen molar-refractivity contribution in [2.45, 2.75) is 18.9 Å². The van der Waals surface area contributed by atoms with Crippen LogP contribution >= 0.6 is 0 Å². The third-order valence-corrected chi connectivity index (χ3v) is 2.25. The van der Waals surface area contributed by atoms with Crippen LogP contribution in [0, 0.1) is 11.8 Å². The fourth-order valence-corrected chi connectivity index (χ4v) is 1.53. The molecule has 0 bridgehead atoms. The van der Waals surface area contributed by atoms with Crippen LogP contribution in [0.5, 0.6) is 0 Å². The minimum Gasteiger partial charge on any atom is -0.392 e. The highest BCUT2D eigenvalue weighted by Crippen LogP contribution is 2.32. The van der Waals surface area contributed by atoms with E-state index in [0.717, 1.165) is 12.8 Å². The van der Waals surface area contributed by atoms with Crippen molar-refractivity contribution in [3.8, 4) is 0 Å². The van der Waals surface area contributed by atoms with Gasteiger partial charge in [-0.25, -0.2) is 0 Å². The van der Waals surface area contributed by atoms with Crippen molar-refractivity contribution >= 4 is 0 Å². The smallest absolute Gasteiger partial charge is 0.0608 e. The fourth-order valence-electron chi connectivity index (χ4n) is 1.53. The monoisotopic (exact) mass is 138 g/mol. The summed E-state index contributed by atoms with van der Waals surface area (Å²) in [6.45, 7) is 7.37. The van der Waals surface area contributed by atoms with Gasteiger partial charge in [0, 0.05) is 5.92 Å². The normalized spacial score (nSPS) is 39.5. The number of rotatable bonds is 2. The lowest BCUT2D eigenvalue weighted by Gasteiger charge is -2.05. The lowest BCUT2D eigenvalue weighted by molar-refractivity contribution is 0.152. The lowest BCUT2D eigenvalue weighted by Crippen LogP contribution is -2.09. The molecule has 0 heterocycles. The highest BCUT2D eigenvalue weighted by atomic mass is 16.3. The fraction of sp³-hybridized carbons (Fsp3) is 0.556. The number of hydrogen-bond donors (Lipinski definition) is 1. The molecule has 1 N–H and O–H groups in total. The minimum absolute atomic E-state index is 0.180. The number of aliphatic hydroxyl groups excluding tert-OH is 1. The molecule has 1 saturated carbocycles. The second kappa shape index (κ2) is 3.02. The molecule has 0 amide bonds. The van der Waals surface area contributed by atoms with Crippen molar-refractivity contribution in [1.29, 1.82) is 0 Å². The van der Waals surface area contributed by atoms with Gasteiger partial charge in [0.15, 0.2) is 0 Å². The van der Waals surface area contributed by atoms with Gasteiger partial charge in [0.1, 0.15) is 0 Å². The van der Waals surface area contributed by atoms with Crippen LogP contribution in [0.15, 0.2) is 25.3 Å². The first-order chi connectivity index (χ1) is 4.77. The van der Waals surface area contributed by atoms with Crippen molar-refractivity contribution in [1.82, 2.24) is 0 Å². The van der Waals surface area contributed by atoms with Gasteiger partial charge in [-0.05, 0) is 18.8 Å². The van der Waals surface area contributed by atoms with E-state index < -0.39 is 0 Å². The summed E-state index contributed by atoms with van der Waals surface area (Å²) < 4.78 is 0. The maximum absolute atomic E-state index is 9.37. The summed E-state index contributed by atoms with van der Waals surface area (Å²) in [6.07, 6.45) is 5.47. The Hall–Kier alpha value is -0.560. The van der Waals surface area contributed by atoms with Gasteiger partial charge in [-0.15, -0.1) is 13.2 Å². The SMILES string of the molecule is C=CC1CC(O)C(C=C)C1. The average molecular weight is 138 g/mol. The molecule has 0 saturated heterocycles. The van der Waals surface area contributed by atoms with E-state index in [1.165, 1.54) is 0 Å². The average Bonchev–Trinajstić information content (AvgIpc) is 2.30. The largest absolute Gasteiger partial charge is 0.392 e. The number of aliphatic hydroxyl groups is 1. The Morgan fingerprint density at radius 1 is 1.20 bits per heavy atom. The summed E-state index contributed by atoms with van der Waals surface area (Å²) in [5.41, 5.74) is 0. The Kier molecular flexibility index (Phi) is 2.28. The van der Waals surface area contributed by atoms with Gasteiger partial charge in [0.05, 0.1) is 6.10 Å². The Bertz CT molecular complexity index is 140. The first-order valence-corrected chi connectivity index (χ1v) is 3.71. The molecule has 0 aliphatic heterocycles. The van der Waals surface area contributed by atoms with Crippen LogP contribution in [0.1, 0.15) is 12.8 Å². The predicted molar refractivity (Wildman–Crippen MR) is 42.6 cm³/mol. The van der Waals surface area contributed by atoms with E-state index in [0.29, 0.717) is 11.8 Å². The van der Waals surface area contributed by atoms with E-state index in [1.54, 1.807) is 0 Å². The molecule has 10 heavy (non-hydrogen) atoms. The van der Waals surface area contributed by atoms with Crippen molar-refractivity contribution in [3.05, 3.63) is 25.3 Å². The molecular weight excluding hydrogens is 124 g/mol. The quantitative estimate of drug-likeness (QED) is 0.576. The Labute approximate surface area is 62.1 Å². The van der Waals surface area contributed by atoms with Crippen LogP contribution in [0.3, 0.4) is 0 Å². The molecule has 56 valence electrons. The zero-order valence-corrected chi connectivity index (χ0v) is 6.16. The maximum Gasteiger partial charge on any atom is 0.0608 e. The Morgan fingerprint density at radius 3 is 2.20 bits per heavy atom. The second-order valence-electron chi connectivity index (χ2n) is 2.93. The molecule has 1 nitrogen and oxygen atoms in total. The predicted octanol–water partition coefficient (Wildman–Crippen LogP) is 1.75. The highest BCUT2D eigenvalue weighted by Gasteiger charge is 2.28. The molecule has 3 unspecified atom stereocenters. The minimum atomic E-state index is -0.180. The molecule has 0 radical (unpaired) electrons. The molecule has 1 heteroatoms. The van der Waals surface area contributed by atoms with Crippen molar-refractivity contribution in [2.75, 3.05) is 0 Å². The second-order valence-corrected chi connectivity index (χ2v) is 2.93. The van der Waals surface area contributed by atoms with Gasteiger partial charge in [-0.3, -0.25) is 0 Å². The zero-order chi connectivity index (χ0) is 7.56. The van der Waals surface area contributed by atoms with Gasteiger partial charge in [0.2, 0.25) is 0 Å². The number of allylic oxidation sites excluding steroid dienone is 1. The van der Waals surface area contributed by atoms with Crippen molar-refractivity contribution < 1.29 is 5.11 Å². The summed E-state index contributed by atoms with van der Waals surface area (Å²) in [6, 6.07) is 0. The van der Waals surface area contributed by atoms with Crippen molar-refractivity contribution in [3.63, 3.8) is 0 Å². The zero-order valence-electron chi connectivity index (χ0n) is 6.16. The van der Waals surface area contributed by atoms with Gasteiger partial charge in [0.25, 0.3) is 0 Å². The standard InChI is InChI=1S/C9H14O/c1-3-7-5-8(4-2)9(10)6-7/h3-4,7-10H,1-2,5-6H2. The van der Waals surface area contributed by atoms with Crippen molar-refractivity contribution in [2.24, 2.45) is 11.8 Å². The Morgan fingerprint density at radius 2 is 1.90 bits per heavy atom. The van der Waals surface area contributed by atoms with E-state index in [9.17, 15) is 5.11 Å². The summed E-state index contributed by atoms with van der Waals surface area (Å²) in [4.78, 5) is 0. The molecule has 3 atom stereocenters. The lowest BCUT2D eigenvalue weighted by atomic mass is 10.1. The molecule has 0 spiro atoms. The maximum atomic E-state index is 9.37. The third kappa shape index (κ3) is 1.29. The van der Waals surface area contributed by atoms with Crippen LogP contribution in [0.25, 0.3) is 0 Å². The summed E-state index contributed by atoms with van der Waals surface area (Å²) >= 11 is 0. The van der Waals surface area contributed by atoms with E-state index in [-0.39, 0.29) is 6.10 Å². The van der Waals surface area contributed by atoms with Gasteiger partial charge < -0.3 is 5.11 Å². The summed E-state index contributed by atoms with van der Waals surface area (Å²) in [7, 11) is 0. The number of hydrogen-bond acceptors (Lipinski definition) is 1. The van der Waals surface area contributed by atoms with Gasteiger partial charge >= 0.3 is 0 Å². The van der Waals surface area contributed by atoms with E-state index >= 15 is 0 Å². The third-order valence-electron chi connectivity index (χ3n) is 2.25. The summed E-state index contributed by atoms with van der Waals surface area (Å²) in [5, 5.41) is 9.37. The van der Waals surface area contributed by atoms with E-state index in [1.807, 2.05) is 12.2 Å². The van der Waals surface area contributed by atoms with E-state index in [2.05, 4.69) is 13.2 Å². The van der Waals surface area contributed by atoms with Gasteiger partial charge in [-0.1, -0.05) is 12.2 Å². The highest BCUT2D eigenvalue weighted by molar-refractivity contribution is 4.97. The summed E-state index contributed by atoms with van der Waals surface area (Å²) in [5.74, 6) is 0.793. The molecule has 0 aromatic carbocycles. The molecule has 1 fully saturated rings. The van der Waals surface area contributed by atoms with Crippen LogP contribution in [-0.4, -0.2) is 11.2 Å². The molecule has 1 aliphatic carbocycles. The molecule has 0 aromatic rings. The van der Waals surface area contributed by atoms with Crippen LogP contribution in [-0.2, 0) is 0 Å². The van der Waals surface area contributed by atoms with Gasteiger partial charge in [-0.2, -0.15) is 0 Å². The molecular formula is C9H14O. The Balaban J connectivity index is 2.51. The van der Waals surface area contributed by atoms with Crippen LogP contribution in [0.4, 0.5) is 0 Å². The van der Waals surface area contributed by atoms with E-state index in [4.69, 9.17) is 0 Å². The first kappa shape index (κ1) is 7.55. The first-order valence-electron chi connectivity index (χ1n) is 3.71. The molecule has 1 aliphatic rings.